The Morgan fingerprint density at radius 1 is 0.963 bits per heavy atom. The molecule has 0 spiro atoms. The van der Waals surface area contributed by atoms with Crippen molar-refractivity contribution < 1.29 is 13.2 Å². The summed E-state index contributed by atoms with van der Waals surface area (Å²) in [6, 6.07) is 5.36. The van der Waals surface area contributed by atoms with E-state index in [1.165, 1.54) is 0 Å². The van der Waals surface area contributed by atoms with Gasteiger partial charge in [0.2, 0.25) is 5.91 Å². The number of hydrogen-bond donors (Lipinski definition) is 1. The molecule has 0 saturated heterocycles. The highest BCUT2D eigenvalue weighted by Gasteiger charge is 2.26. The molecule has 1 aliphatic rings. The molecule has 0 aromatic heterocycles. The molecule has 144 valence electrons. The molecule has 27 heavy (non-hydrogen) atoms. The number of hydrogen-bond acceptors (Lipinski definition) is 3. The maximum Gasteiger partial charge on any atom is 0.262 e. The molecule has 6 heteroatoms. The van der Waals surface area contributed by atoms with E-state index in [-0.39, 0.29) is 5.91 Å². The van der Waals surface area contributed by atoms with Crippen LogP contribution in [0, 0.1) is 34.6 Å². The Hall–Kier alpha value is -2.34. The number of fused-ring (bicyclic) bond motifs is 1. The van der Waals surface area contributed by atoms with Gasteiger partial charge in [-0.2, -0.15) is 0 Å². The number of carbonyl (C=O) groups is 1. The Bertz CT molecular complexity index is 1030. The molecule has 1 heterocycles. The van der Waals surface area contributed by atoms with Crippen molar-refractivity contribution in [1.82, 2.24) is 0 Å². The monoisotopic (exact) mass is 386 g/mol. The topological polar surface area (TPSA) is 66.5 Å². The first-order valence-electron chi connectivity index (χ1n) is 9.05. The fourth-order valence-electron chi connectivity index (χ4n) is 3.87. The van der Waals surface area contributed by atoms with E-state index in [1.54, 1.807) is 17.9 Å². The normalized spacial score (nSPS) is 13.6. The standard InChI is InChI=1S/C21H26N2O3S/c1-12-13(2)15(4)21(16(5)14(12)3)27(25,26)22-19-7-8-20-18(11-19)9-10-23(20)17(6)24/h7-8,11,22H,9-10H2,1-6H3. The summed E-state index contributed by atoms with van der Waals surface area (Å²) in [7, 11) is -3.71. The van der Waals surface area contributed by atoms with E-state index in [0.717, 1.165) is 45.5 Å². The van der Waals surface area contributed by atoms with E-state index < -0.39 is 10.0 Å². The quantitative estimate of drug-likeness (QED) is 0.869. The third kappa shape index (κ3) is 3.23. The fourth-order valence-corrected chi connectivity index (χ4v) is 5.52. The molecule has 0 radical (unpaired) electrons. The number of nitrogens with zero attached hydrogens (tertiary/aromatic N) is 1. The Morgan fingerprint density at radius 2 is 1.52 bits per heavy atom. The molecule has 0 fully saturated rings. The first-order valence-corrected chi connectivity index (χ1v) is 10.5. The van der Waals surface area contributed by atoms with Crippen molar-refractivity contribution in [2.75, 3.05) is 16.2 Å². The summed E-state index contributed by atoms with van der Waals surface area (Å²) in [5.74, 6) is -0.000985. The second-order valence-corrected chi connectivity index (χ2v) is 8.94. The molecule has 1 N–H and O–H groups in total. The van der Waals surface area contributed by atoms with Gasteiger partial charge in [0.1, 0.15) is 0 Å². The van der Waals surface area contributed by atoms with Gasteiger partial charge in [-0.15, -0.1) is 0 Å². The molecule has 0 bridgehead atoms. The summed E-state index contributed by atoms with van der Waals surface area (Å²) < 4.78 is 29.0. The molecule has 1 aliphatic heterocycles. The lowest BCUT2D eigenvalue weighted by atomic mass is 9.95. The van der Waals surface area contributed by atoms with E-state index in [2.05, 4.69) is 4.72 Å². The molecule has 1 amide bonds. The van der Waals surface area contributed by atoms with Gasteiger partial charge < -0.3 is 4.90 Å². The van der Waals surface area contributed by atoms with Gasteiger partial charge in [0.05, 0.1) is 4.90 Å². The molecule has 5 nitrogen and oxygen atoms in total. The van der Waals surface area contributed by atoms with Crippen LogP contribution in [0.25, 0.3) is 0 Å². The Morgan fingerprint density at radius 3 is 2.07 bits per heavy atom. The summed E-state index contributed by atoms with van der Waals surface area (Å²) >= 11 is 0. The minimum atomic E-state index is -3.71. The second kappa shape index (κ2) is 6.68. The van der Waals surface area contributed by atoms with E-state index in [9.17, 15) is 13.2 Å². The molecule has 2 aromatic carbocycles. The van der Waals surface area contributed by atoms with Crippen molar-refractivity contribution >= 4 is 27.3 Å². The highest BCUT2D eigenvalue weighted by Crippen LogP contribution is 2.33. The first-order chi connectivity index (χ1) is 12.5. The van der Waals surface area contributed by atoms with Gasteiger partial charge in [-0.25, -0.2) is 8.42 Å². The van der Waals surface area contributed by atoms with Gasteiger partial charge >= 0.3 is 0 Å². The Kier molecular flexibility index (Phi) is 4.80. The van der Waals surface area contributed by atoms with Gasteiger partial charge in [0.15, 0.2) is 0 Å². The van der Waals surface area contributed by atoms with E-state index in [4.69, 9.17) is 0 Å². The predicted octanol–water partition coefficient (Wildman–Crippen LogP) is 3.94. The zero-order valence-corrected chi connectivity index (χ0v) is 17.5. The van der Waals surface area contributed by atoms with Gasteiger partial charge in [-0.1, -0.05) is 0 Å². The lowest BCUT2D eigenvalue weighted by molar-refractivity contribution is -0.116. The van der Waals surface area contributed by atoms with Crippen LogP contribution in [-0.4, -0.2) is 20.9 Å². The molecule has 3 rings (SSSR count). The lowest BCUT2D eigenvalue weighted by Crippen LogP contribution is -2.25. The summed E-state index contributed by atoms with van der Waals surface area (Å²) in [6.45, 7) is 11.8. The van der Waals surface area contributed by atoms with Crippen LogP contribution in [0.3, 0.4) is 0 Å². The number of amides is 1. The molecule has 2 aromatic rings. The minimum absolute atomic E-state index is 0.000985. The van der Waals surface area contributed by atoms with Gasteiger partial charge in [0, 0.05) is 24.8 Å². The van der Waals surface area contributed by atoms with Crippen LogP contribution in [0.15, 0.2) is 23.1 Å². The second-order valence-electron chi connectivity index (χ2n) is 7.32. The SMILES string of the molecule is CC(=O)N1CCc2cc(NS(=O)(=O)c3c(C)c(C)c(C)c(C)c3C)ccc21. The van der Waals surface area contributed by atoms with Crippen LogP contribution in [0.1, 0.15) is 40.3 Å². The Labute approximate surface area is 161 Å². The molecule has 0 unspecified atom stereocenters. The van der Waals surface area contributed by atoms with Crippen LogP contribution in [0.2, 0.25) is 0 Å². The predicted molar refractivity (Wildman–Crippen MR) is 109 cm³/mol. The van der Waals surface area contributed by atoms with E-state index in [0.29, 0.717) is 17.1 Å². The number of benzene rings is 2. The minimum Gasteiger partial charge on any atom is -0.312 e. The maximum absolute atomic E-state index is 13.2. The smallest absolute Gasteiger partial charge is 0.262 e. The van der Waals surface area contributed by atoms with Gasteiger partial charge in [-0.3, -0.25) is 9.52 Å². The highest BCUT2D eigenvalue weighted by molar-refractivity contribution is 7.92. The summed E-state index contributed by atoms with van der Waals surface area (Å²) in [5.41, 5.74) is 7.07. The molecular weight excluding hydrogens is 360 g/mol. The van der Waals surface area contributed by atoms with Crippen molar-refractivity contribution in [2.45, 2.75) is 52.9 Å². The number of nitrogens with one attached hydrogen (secondary N) is 1. The van der Waals surface area contributed by atoms with Crippen molar-refractivity contribution in [3.63, 3.8) is 0 Å². The van der Waals surface area contributed by atoms with Crippen molar-refractivity contribution in [3.8, 4) is 0 Å². The van der Waals surface area contributed by atoms with Crippen molar-refractivity contribution in [1.29, 1.82) is 0 Å². The zero-order valence-electron chi connectivity index (χ0n) is 16.7. The van der Waals surface area contributed by atoms with Crippen LogP contribution < -0.4 is 9.62 Å². The molecule has 0 atom stereocenters. The summed E-state index contributed by atoms with van der Waals surface area (Å²) in [5, 5.41) is 0. The Balaban J connectivity index is 2.01. The number of carbonyl (C=O) groups excluding carboxylic acids is 1. The number of rotatable bonds is 3. The lowest BCUT2D eigenvalue weighted by Gasteiger charge is -2.20. The average Bonchev–Trinajstić information content (AvgIpc) is 3.01. The van der Waals surface area contributed by atoms with Crippen LogP contribution in [0.4, 0.5) is 11.4 Å². The zero-order chi connectivity index (χ0) is 20.1. The number of sulfonamides is 1. The third-order valence-corrected chi connectivity index (χ3v) is 7.46. The van der Waals surface area contributed by atoms with Gasteiger partial charge in [-0.05, 0) is 92.6 Å². The number of anilines is 2. The molecule has 0 saturated carbocycles. The van der Waals surface area contributed by atoms with Crippen molar-refractivity contribution in [2.24, 2.45) is 0 Å². The van der Waals surface area contributed by atoms with E-state index >= 15 is 0 Å². The maximum atomic E-state index is 13.2. The van der Waals surface area contributed by atoms with Crippen LogP contribution >= 0.6 is 0 Å². The van der Waals surface area contributed by atoms with E-state index in [1.807, 2.05) is 46.8 Å². The largest absolute Gasteiger partial charge is 0.312 e. The fraction of sp³-hybridized carbons (Fsp3) is 0.381. The van der Waals surface area contributed by atoms with Crippen LogP contribution in [-0.2, 0) is 21.2 Å². The highest BCUT2D eigenvalue weighted by atomic mass is 32.2. The van der Waals surface area contributed by atoms with Crippen molar-refractivity contribution in [3.05, 3.63) is 51.6 Å². The summed E-state index contributed by atoms with van der Waals surface area (Å²) in [4.78, 5) is 13.8. The third-order valence-electron chi connectivity index (χ3n) is 5.81. The average molecular weight is 387 g/mol. The van der Waals surface area contributed by atoms with Gasteiger partial charge in [0.25, 0.3) is 10.0 Å². The van der Waals surface area contributed by atoms with Crippen LogP contribution in [0.5, 0.6) is 0 Å². The molecular formula is C21H26N2O3S. The summed E-state index contributed by atoms with van der Waals surface area (Å²) in [6.07, 6.45) is 0.727. The molecule has 0 aliphatic carbocycles. The first kappa shape index (κ1) is 19.4.